The van der Waals surface area contributed by atoms with Crippen LogP contribution in [-0.4, -0.2) is 24.8 Å². The highest BCUT2D eigenvalue weighted by Crippen LogP contribution is 2.33. The van der Waals surface area contributed by atoms with E-state index in [1.54, 1.807) is 0 Å². The Bertz CT molecular complexity index is 613. The Balaban J connectivity index is 2.46. The van der Waals surface area contributed by atoms with E-state index in [4.69, 9.17) is 21.7 Å². The standard InChI is InChI=1S/C16H20N2O3S/c1-4-9-21-12-8-6-5-7-11(12)14-13(15(19)20-3)10(2)17-16(22)18-14/h5-8,14H,4,9H2,1-3H3,(H2,17,18,22). The van der Waals surface area contributed by atoms with E-state index in [0.29, 0.717) is 23.0 Å². The molecule has 1 atom stereocenters. The zero-order chi connectivity index (χ0) is 16.1. The highest BCUT2D eigenvalue weighted by molar-refractivity contribution is 7.80. The van der Waals surface area contributed by atoms with Crippen molar-refractivity contribution in [2.45, 2.75) is 26.3 Å². The third kappa shape index (κ3) is 3.39. The summed E-state index contributed by atoms with van der Waals surface area (Å²) in [6.07, 6.45) is 0.908. The Kier molecular flexibility index (Phi) is 5.38. The number of carbonyl (C=O) groups is 1. The van der Waals surface area contributed by atoms with Crippen molar-refractivity contribution in [1.29, 1.82) is 0 Å². The second-order valence-corrected chi connectivity index (χ2v) is 5.36. The van der Waals surface area contributed by atoms with Gasteiger partial charge in [0.05, 0.1) is 25.3 Å². The second-order valence-electron chi connectivity index (χ2n) is 4.95. The molecular formula is C16H20N2O3S. The maximum atomic E-state index is 12.1. The van der Waals surface area contributed by atoms with Crippen molar-refractivity contribution in [3.63, 3.8) is 0 Å². The Morgan fingerprint density at radius 1 is 1.36 bits per heavy atom. The van der Waals surface area contributed by atoms with Gasteiger partial charge < -0.3 is 20.1 Å². The van der Waals surface area contributed by atoms with Crippen molar-refractivity contribution in [2.24, 2.45) is 0 Å². The molecule has 118 valence electrons. The summed E-state index contributed by atoms with van der Waals surface area (Å²) in [5.41, 5.74) is 2.05. The zero-order valence-corrected chi connectivity index (χ0v) is 13.8. The SMILES string of the molecule is CCCOc1ccccc1C1NC(=S)NC(C)=C1C(=O)OC. The summed E-state index contributed by atoms with van der Waals surface area (Å²) >= 11 is 5.22. The van der Waals surface area contributed by atoms with E-state index in [1.807, 2.05) is 38.1 Å². The van der Waals surface area contributed by atoms with E-state index >= 15 is 0 Å². The molecule has 0 aliphatic carbocycles. The minimum Gasteiger partial charge on any atom is -0.493 e. The smallest absolute Gasteiger partial charge is 0.337 e. The molecule has 2 N–H and O–H groups in total. The van der Waals surface area contributed by atoms with Crippen molar-refractivity contribution < 1.29 is 14.3 Å². The van der Waals surface area contributed by atoms with Gasteiger partial charge in [0, 0.05) is 11.3 Å². The third-order valence-electron chi connectivity index (χ3n) is 3.37. The number of esters is 1. The lowest BCUT2D eigenvalue weighted by atomic mass is 9.95. The number of hydrogen-bond acceptors (Lipinski definition) is 4. The van der Waals surface area contributed by atoms with Crippen molar-refractivity contribution >= 4 is 23.3 Å². The lowest BCUT2D eigenvalue weighted by Crippen LogP contribution is -2.45. The number of rotatable bonds is 5. The summed E-state index contributed by atoms with van der Waals surface area (Å²) in [6.45, 7) is 4.47. The normalized spacial score (nSPS) is 17.6. The molecule has 0 saturated carbocycles. The van der Waals surface area contributed by atoms with Crippen LogP contribution in [0.1, 0.15) is 31.9 Å². The highest BCUT2D eigenvalue weighted by atomic mass is 32.1. The second kappa shape index (κ2) is 7.26. The fourth-order valence-corrected chi connectivity index (χ4v) is 2.64. The molecule has 0 bridgehead atoms. The quantitative estimate of drug-likeness (QED) is 0.642. The number of thiocarbonyl (C=S) groups is 1. The van der Waals surface area contributed by atoms with Gasteiger partial charge in [0.25, 0.3) is 0 Å². The molecule has 6 heteroatoms. The van der Waals surface area contributed by atoms with Gasteiger partial charge in [-0.2, -0.15) is 0 Å². The molecule has 1 aromatic carbocycles. The van der Waals surface area contributed by atoms with Crippen LogP contribution in [0.3, 0.4) is 0 Å². The summed E-state index contributed by atoms with van der Waals surface area (Å²) in [7, 11) is 1.37. The average Bonchev–Trinajstić information content (AvgIpc) is 2.51. The molecule has 0 saturated heterocycles. The monoisotopic (exact) mass is 320 g/mol. The predicted molar refractivity (Wildman–Crippen MR) is 88.6 cm³/mol. The first kappa shape index (κ1) is 16.3. The summed E-state index contributed by atoms with van der Waals surface area (Å²) < 4.78 is 10.7. The van der Waals surface area contributed by atoms with Crippen LogP contribution in [0.5, 0.6) is 5.75 Å². The van der Waals surface area contributed by atoms with E-state index < -0.39 is 12.0 Å². The Labute approximate surface area is 135 Å². The highest BCUT2D eigenvalue weighted by Gasteiger charge is 2.32. The van der Waals surface area contributed by atoms with Crippen LogP contribution >= 0.6 is 12.2 Å². The van der Waals surface area contributed by atoms with E-state index in [2.05, 4.69) is 10.6 Å². The molecule has 0 aromatic heterocycles. The molecule has 0 amide bonds. The summed E-state index contributed by atoms with van der Waals surface area (Å²) in [5, 5.41) is 6.56. The number of methoxy groups -OCH3 is 1. The zero-order valence-electron chi connectivity index (χ0n) is 12.9. The fraction of sp³-hybridized carbons (Fsp3) is 0.375. The number of nitrogens with one attached hydrogen (secondary N) is 2. The van der Waals surface area contributed by atoms with Crippen LogP contribution in [0.15, 0.2) is 35.5 Å². The van der Waals surface area contributed by atoms with Gasteiger partial charge in [0.1, 0.15) is 5.75 Å². The molecule has 5 nitrogen and oxygen atoms in total. The molecular weight excluding hydrogens is 300 g/mol. The first-order chi connectivity index (χ1) is 10.6. The van der Waals surface area contributed by atoms with Gasteiger partial charge in [0.15, 0.2) is 5.11 Å². The molecule has 1 aromatic rings. The van der Waals surface area contributed by atoms with Crippen LogP contribution in [0.25, 0.3) is 0 Å². The van der Waals surface area contributed by atoms with Crippen LogP contribution in [0.4, 0.5) is 0 Å². The molecule has 1 heterocycles. The van der Waals surface area contributed by atoms with E-state index in [0.717, 1.165) is 17.7 Å². The minimum atomic E-state index is -0.394. The van der Waals surface area contributed by atoms with Crippen LogP contribution in [-0.2, 0) is 9.53 Å². The lowest BCUT2D eigenvalue weighted by Gasteiger charge is -2.30. The molecule has 1 aliphatic rings. The van der Waals surface area contributed by atoms with Crippen LogP contribution in [0.2, 0.25) is 0 Å². The molecule has 1 aliphatic heterocycles. The number of benzene rings is 1. The summed E-state index contributed by atoms with van der Waals surface area (Å²) in [4.78, 5) is 12.1. The molecule has 1 unspecified atom stereocenters. The van der Waals surface area contributed by atoms with Gasteiger partial charge in [-0.3, -0.25) is 0 Å². The number of allylic oxidation sites excluding steroid dienone is 1. The van der Waals surface area contributed by atoms with Gasteiger partial charge in [-0.25, -0.2) is 4.79 Å². The first-order valence-corrected chi connectivity index (χ1v) is 7.57. The minimum absolute atomic E-state index is 0.393. The molecule has 0 fully saturated rings. The molecule has 0 spiro atoms. The number of hydrogen-bond donors (Lipinski definition) is 2. The third-order valence-corrected chi connectivity index (χ3v) is 3.59. The largest absolute Gasteiger partial charge is 0.493 e. The average molecular weight is 320 g/mol. The number of ether oxygens (including phenoxy) is 2. The Morgan fingerprint density at radius 3 is 2.77 bits per heavy atom. The summed E-state index contributed by atoms with van der Waals surface area (Å²) in [5.74, 6) is 0.344. The van der Waals surface area contributed by atoms with Gasteiger partial charge in [-0.15, -0.1) is 0 Å². The molecule has 22 heavy (non-hydrogen) atoms. The van der Waals surface area contributed by atoms with Crippen molar-refractivity contribution in [2.75, 3.05) is 13.7 Å². The van der Waals surface area contributed by atoms with Crippen molar-refractivity contribution in [1.82, 2.24) is 10.6 Å². The van der Waals surface area contributed by atoms with E-state index in [1.165, 1.54) is 7.11 Å². The van der Waals surface area contributed by atoms with Crippen LogP contribution < -0.4 is 15.4 Å². The van der Waals surface area contributed by atoms with Gasteiger partial charge in [0.2, 0.25) is 0 Å². The lowest BCUT2D eigenvalue weighted by molar-refractivity contribution is -0.136. The Hall–Kier alpha value is -2.08. The fourth-order valence-electron chi connectivity index (χ4n) is 2.37. The van der Waals surface area contributed by atoms with Gasteiger partial charge in [-0.1, -0.05) is 25.1 Å². The number of carbonyl (C=O) groups excluding carboxylic acids is 1. The van der Waals surface area contributed by atoms with Crippen molar-refractivity contribution in [3.05, 3.63) is 41.1 Å². The molecule has 2 rings (SSSR count). The van der Waals surface area contributed by atoms with Gasteiger partial charge in [-0.05, 0) is 31.6 Å². The maximum Gasteiger partial charge on any atom is 0.337 e. The topological polar surface area (TPSA) is 59.6 Å². The van der Waals surface area contributed by atoms with Gasteiger partial charge >= 0.3 is 5.97 Å². The summed E-state index contributed by atoms with van der Waals surface area (Å²) in [6, 6.07) is 7.23. The first-order valence-electron chi connectivity index (χ1n) is 7.16. The maximum absolute atomic E-state index is 12.1. The van der Waals surface area contributed by atoms with E-state index in [-0.39, 0.29) is 0 Å². The number of para-hydroxylation sites is 1. The molecule has 0 radical (unpaired) electrons. The van der Waals surface area contributed by atoms with E-state index in [9.17, 15) is 4.79 Å². The predicted octanol–water partition coefficient (Wildman–Crippen LogP) is 2.44. The van der Waals surface area contributed by atoms with Crippen molar-refractivity contribution in [3.8, 4) is 5.75 Å². The van der Waals surface area contributed by atoms with Crippen LogP contribution in [0, 0.1) is 0 Å². The Morgan fingerprint density at radius 2 is 2.09 bits per heavy atom.